The van der Waals surface area contributed by atoms with Crippen LogP contribution in [-0.4, -0.2) is 25.5 Å². The van der Waals surface area contributed by atoms with Crippen LogP contribution in [0.15, 0.2) is 24.3 Å². The summed E-state index contributed by atoms with van der Waals surface area (Å²) in [5.41, 5.74) is 0.709. The smallest absolute Gasteiger partial charge is 0.279 e. The molecule has 4 heteroatoms. The van der Waals surface area contributed by atoms with Crippen molar-refractivity contribution in [3.05, 3.63) is 29.3 Å². The highest BCUT2D eigenvalue weighted by Crippen LogP contribution is 2.19. The Kier molecular flexibility index (Phi) is 5.67. The maximum Gasteiger partial charge on any atom is 0.279 e. The third-order valence-electron chi connectivity index (χ3n) is 3.62. The predicted octanol–water partition coefficient (Wildman–Crippen LogP) is 2.13. The van der Waals surface area contributed by atoms with Gasteiger partial charge in [-0.2, -0.15) is 0 Å². The topological polar surface area (TPSA) is 33.5 Å². The Labute approximate surface area is 119 Å². The highest BCUT2D eigenvalue weighted by Gasteiger charge is 2.16. The molecule has 1 amide bonds. The van der Waals surface area contributed by atoms with Crippen LogP contribution < -0.4 is 10.2 Å². The van der Waals surface area contributed by atoms with Crippen molar-refractivity contribution in [3.8, 4) is 0 Å². The van der Waals surface area contributed by atoms with Crippen LogP contribution >= 0.6 is 11.6 Å². The number of hydrogen-bond acceptors (Lipinski definition) is 1. The molecule has 0 spiro atoms. The molecule has 0 aromatic heterocycles. The molecule has 1 saturated heterocycles. The molecule has 1 aromatic rings. The Morgan fingerprint density at radius 3 is 2.42 bits per heavy atom. The van der Waals surface area contributed by atoms with Gasteiger partial charge in [0.25, 0.3) is 5.91 Å². The molecule has 1 aromatic carbocycles. The molecule has 104 valence electrons. The molecule has 0 aliphatic carbocycles. The number of carbonyl (C=O) groups excluding carboxylic acids is 1. The van der Waals surface area contributed by atoms with Gasteiger partial charge in [-0.1, -0.05) is 30.2 Å². The second-order valence-corrected chi connectivity index (χ2v) is 5.63. The second kappa shape index (κ2) is 7.51. The monoisotopic (exact) mass is 281 g/mol. The van der Waals surface area contributed by atoms with Crippen LogP contribution in [0.25, 0.3) is 0 Å². The standard InChI is InChI=1S/C15H21ClN2O/c16-13-8-4-5-9-14(13)17-15(19)12-18-10-6-2-1-3-7-11-18/h4-5,8-9H,1-3,6-7,10-12H2,(H,17,19)/p+1. The number of para-hydroxylation sites is 1. The summed E-state index contributed by atoms with van der Waals surface area (Å²) in [4.78, 5) is 13.4. The summed E-state index contributed by atoms with van der Waals surface area (Å²) in [6.07, 6.45) is 6.41. The summed E-state index contributed by atoms with van der Waals surface area (Å²) in [5.74, 6) is 0.0590. The molecule has 1 aliphatic rings. The number of quaternary nitrogens is 1. The Hall–Kier alpha value is -1.06. The third-order valence-corrected chi connectivity index (χ3v) is 3.95. The molecule has 0 unspecified atom stereocenters. The Bertz CT molecular complexity index is 414. The van der Waals surface area contributed by atoms with Crippen LogP contribution in [0.4, 0.5) is 5.69 Å². The lowest BCUT2D eigenvalue weighted by Gasteiger charge is -2.21. The molecule has 1 heterocycles. The number of anilines is 1. The van der Waals surface area contributed by atoms with Crippen molar-refractivity contribution in [2.45, 2.75) is 32.1 Å². The summed E-state index contributed by atoms with van der Waals surface area (Å²) >= 11 is 6.04. The van der Waals surface area contributed by atoms with E-state index >= 15 is 0 Å². The molecular weight excluding hydrogens is 260 g/mol. The lowest BCUT2D eigenvalue weighted by molar-refractivity contribution is -0.892. The first-order chi connectivity index (χ1) is 9.25. The van der Waals surface area contributed by atoms with Gasteiger partial charge in [-0.3, -0.25) is 4.79 Å². The van der Waals surface area contributed by atoms with E-state index in [1.807, 2.05) is 18.2 Å². The van der Waals surface area contributed by atoms with Gasteiger partial charge in [0.15, 0.2) is 6.54 Å². The molecule has 0 bridgehead atoms. The lowest BCUT2D eigenvalue weighted by atomic mass is 10.1. The van der Waals surface area contributed by atoms with Crippen LogP contribution in [0.3, 0.4) is 0 Å². The number of rotatable bonds is 3. The van der Waals surface area contributed by atoms with Gasteiger partial charge >= 0.3 is 0 Å². The van der Waals surface area contributed by atoms with E-state index in [9.17, 15) is 4.79 Å². The molecule has 0 atom stereocenters. The zero-order valence-electron chi connectivity index (χ0n) is 11.3. The molecule has 2 rings (SSSR count). The zero-order chi connectivity index (χ0) is 13.5. The first kappa shape index (κ1) is 14.4. The van der Waals surface area contributed by atoms with Gasteiger partial charge < -0.3 is 10.2 Å². The maximum absolute atomic E-state index is 12.0. The summed E-state index contributed by atoms with van der Waals surface area (Å²) in [7, 11) is 0. The first-order valence-corrected chi connectivity index (χ1v) is 7.51. The maximum atomic E-state index is 12.0. The highest BCUT2D eigenvalue weighted by atomic mass is 35.5. The van der Waals surface area contributed by atoms with Crippen molar-refractivity contribution in [1.29, 1.82) is 0 Å². The zero-order valence-corrected chi connectivity index (χ0v) is 12.0. The van der Waals surface area contributed by atoms with Gasteiger partial charge in [-0.15, -0.1) is 0 Å². The third kappa shape index (κ3) is 4.84. The summed E-state index contributed by atoms with van der Waals surface area (Å²) in [5, 5.41) is 3.50. The van der Waals surface area contributed by atoms with Gasteiger partial charge in [0.05, 0.1) is 23.8 Å². The number of benzene rings is 1. The van der Waals surface area contributed by atoms with Crippen LogP contribution in [0.5, 0.6) is 0 Å². The van der Waals surface area contributed by atoms with Crippen molar-refractivity contribution < 1.29 is 9.69 Å². The minimum absolute atomic E-state index is 0.0590. The van der Waals surface area contributed by atoms with Crippen LogP contribution in [0.1, 0.15) is 32.1 Å². The van der Waals surface area contributed by atoms with Crippen LogP contribution in [0.2, 0.25) is 5.02 Å². The predicted molar refractivity (Wildman–Crippen MR) is 78.7 cm³/mol. The van der Waals surface area contributed by atoms with E-state index in [2.05, 4.69) is 5.32 Å². The van der Waals surface area contributed by atoms with E-state index in [-0.39, 0.29) is 5.91 Å². The van der Waals surface area contributed by atoms with Crippen molar-refractivity contribution in [2.24, 2.45) is 0 Å². The van der Waals surface area contributed by atoms with Crippen molar-refractivity contribution in [2.75, 3.05) is 25.0 Å². The minimum atomic E-state index is 0.0590. The molecule has 19 heavy (non-hydrogen) atoms. The quantitative estimate of drug-likeness (QED) is 0.874. The first-order valence-electron chi connectivity index (χ1n) is 7.13. The average molecular weight is 282 g/mol. The number of halogens is 1. The van der Waals surface area contributed by atoms with E-state index in [1.54, 1.807) is 6.07 Å². The molecular formula is C15H22ClN2O+. The van der Waals surface area contributed by atoms with Gasteiger partial charge in [-0.05, 0) is 37.8 Å². The van der Waals surface area contributed by atoms with Crippen molar-refractivity contribution in [3.63, 3.8) is 0 Å². The Morgan fingerprint density at radius 1 is 1.11 bits per heavy atom. The summed E-state index contributed by atoms with van der Waals surface area (Å²) in [6.45, 7) is 2.76. The number of nitrogens with one attached hydrogen (secondary N) is 2. The fraction of sp³-hybridized carbons (Fsp3) is 0.533. The van der Waals surface area contributed by atoms with Crippen molar-refractivity contribution >= 4 is 23.2 Å². The molecule has 3 nitrogen and oxygen atoms in total. The van der Waals surface area contributed by atoms with E-state index < -0.39 is 0 Å². The minimum Gasteiger partial charge on any atom is -0.327 e. The number of likely N-dealkylation sites (tertiary alicyclic amines) is 1. The van der Waals surface area contributed by atoms with E-state index in [4.69, 9.17) is 11.6 Å². The number of amides is 1. The van der Waals surface area contributed by atoms with Gasteiger partial charge in [0.2, 0.25) is 0 Å². The highest BCUT2D eigenvalue weighted by molar-refractivity contribution is 6.33. The normalized spacial score (nSPS) is 17.5. The van der Waals surface area contributed by atoms with Gasteiger partial charge in [0.1, 0.15) is 0 Å². The molecule has 0 saturated carbocycles. The van der Waals surface area contributed by atoms with E-state index in [0.717, 1.165) is 13.1 Å². The molecule has 1 fully saturated rings. The van der Waals surface area contributed by atoms with Crippen molar-refractivity contribution in [1.82, 2.24) is 0 Å². The summed E-state index contributed by atoms with van der Waals surface area (Å²) in [6, 6.07) is 7.37. The summed E-state index contributed by atoms with van der Waals surface area (Å²) < 4.78 is 0. The van der Waals surface area contributed by atoms with Gasteiger partial charge in [-0.25, -0.2) is 0 Å². The number of carbonyl (C=O) groups is 1. The molecule has 0 radical (unpaired) electrons. The molecule has 1 aliphatic heterocycles. The average Bonchev–Trinajstić information content (AvgIpc) is 2.35. The SMILES string of the molecule is O=C(C[NH+]1CCCCCCC1)Nc1ccccc1Cl. The van der Waals surface area contributed by atoms with Crippen LogP contribution in [-0.2, 0) is 4.79 Å². The van der Waals surface area contributed by atoms with E-state index in [1.165, 1.54) is 37.0 Å². The van der Waals surface area contributed by atoms with E-state index in [0.29, 0.717) is 17.3 Å². The Balaban J connectivity index is 1.84. The fourth-order valence-corrected chi connectivity index (χ4v) is 2.75. The lowest BCUT2D eigenvalue weighted by Crippen LogP contribution is -3.13. The second-order valence-electron chi connectivity index (χ2n) is 5.22. The van der Waals surface area contributed by atoms with Crippen LogP contribution in [0, 0.1) is 0 Å². The molecule has 2 N–H and O–H groups in total. The van der Waals surface area contributed by atoms with Gasteiger partial charge in [0, 0.05) is 0 Å². The number of hydrogen-bond donors (Lipinski definition) is 2. The fourth-order valence-electron chi connectivity index (χ4n) is 2.57. The Morgan fingerprint density at radius 2 is 1.74 bits per heavy atom. The largest absolute Gasteiger partial charge is 0.327 e.